The third-order valence-electron chi connectivity index (χ3n) is 2.25. The Labute approximate surface area is 76.5 Å². The van der Waals surface area contributed by atoms with E-state index < -0.39 is 24.2 Å². The Balaban J connectivity index is 2.44. The van der Waals surface area contributed by atoms with E-state index in [9.17, 15) is 9.90 Å². The highest BCUT2D eigenvalue weighted by Crippen LogP contribution is 2.17. The first kappa shape index (κ1) is 10.4. The van der Waals surface area contributed by atoms with Crippen LogP contribution in [0.2, 0.25) is 0 Å². The van der Waals surface area contributed by atoms with E-state index in [1.54, 1.807) is 0 Å². The van der Waals surface area contributed by atoms with Crippen LogP contribution in [0.15, 0.2) is 0 Å². The molecule has 0 aliphatic carbocycles. The van der Waals surface area contributed by atoms with E-state index in [-0.39, 0.29) is 0 Å². The summed E-state index contributed by atoms with van der Waals surface area (Å²) in [5.41, 5.74) is 5.26. The van der Waals surface area contributed by atoms with E-state index in [4.69, 9.17) is 15.6 Å². The zero-order chi connectivity index (χ0) is 9.84. The van der Waals surface area contributed by atoms with E-state index in [0.717, 1.165) is 12.8 Å². The number of ether oxygens (including phenoxy) is 1. The fraction of sp³-hybridized carbons (Fsp3) is 0.875. The summed E-state index contributed by atoms with van der Waals surface area (Å²) in [6.07, 6.45) is 1.08. The van der Waals surface area contributed by atoms with Crippen molar-refractivity contribution in [2.45, 2.75) is 37.5 Å². The van der Waals surface area contributed by atoms with Crippen molar-refractivity contribution in [3.63, 3.8) is 0 Å². The molecule has 3 atom stereocenters. The van der Waals surface area contributed by atoms with Gasteiger partial charge in [0.2, 0.25) is 0 Å². The minimum atomic E-state index is -1.25. The van der Waals surface area contributed by atoms with Gasteiger partial charge in [-0.3, -0.25) is 4.79 Å². The van der Waals surface area contributed by atoms with Gasteiger partial charge in [-0.05, 0) is 19.3 Å². The van der Waals surface area contributed by atoms with Gasteiger partial charge in [0, 0.05) is 6.61 Å². The highest BCUT2D eigenvalue weighted by atomic mass is 16.5. The van der Waals surface area contributed by atoms with Crippen molar-refractivity contribution in [2.24, 2.45) is 5.73 Å². The molecule has 0 radical (unpaired) electrons. The lowest BCUT2D eigenvalue weighted by atomic mass is 9.99. The van der Waals surface area contributed by atoms with Crippen LogP contribution in [0, 0.1) is 0 Å². The molecule has 1 fully saturated rings. The summed E-state index contributed by atoms with van der Waals surface area (Å²) < 4.78 is 5.22. The van der Waals surface area contributed by atoms with Gasteiger partial charge >= 0.3 is 5.97 Å². The number of aliphatic hydroxyl groups excluding tert-OH is 1. The first-order valence-electron chi connectivity index (χ1n) is 4.41. The molecule has 3 unspecified atom stereocenters. The van der Waals surface area contributed by atoms with Gasteiger partial charge in [-0.1, -0.05) is 0 Å². The molecule has 0 aromatic heterocycles. The fourth-order valence-electron chi connectivity index (χ4n) is 1.41. The Morgan fingerprint density at radius 3 is 2.69 bits per heavy atom. The second kappa shape index (κ2) is 4.55. The molecular weight excluding hydrogens is 174 g/mol. The number of carbonyl (C=O) groups is 1. The minimum absolute atomic E-state index is 0.417. The summed E-state index contributed by atoms with van der Waals surface area (Å²) >= 11 is 0. The predicted molar refractivity (Wildman–Crippen MR) is 45.2 cm³/mol. The maximum absolute atomic E-state index is 10.4. The molecule has 1 saturated heterocycles. The Morgan fingerprint density at radius 1 is 1.54 bits per heavy atom. The molecule has 1 heterocycles. The zero-order valence-corrected chi connectivity index (χ0v) is 7.35. The van der Waals surface area contributed by atoms with Gasteiger partial charge in [-0.25, -0.2) is 0 Å². The van der Waals surface area contributed by atoms with Crippen LogP contribution in [0.5, 0.6) is 0 Å². The minimum Gasteiger partial charge on any atom is -0.480 e. The number of aliphatic hydroxyl groups is 1. The van der Waals surface area contributed by atoms with Gasteiger partial charge in [0.1, 0.15) is 12.1 Å². The van der Waals surface area contributed by atoms with Crippen LogP contribution < -0.4 is 5.73 Å². The number of rotatable bonds is 3. The van der Waals surface area contributed by atoms with Crippen LogP contribution in [0.1, 0.15) is 19.3 Å². The van der Waals surface area contributed by atoms with Crippen LogP contribution in [0.4, 0.5) is 0 Å². The molecule has 0 aromatic rings. The molecule has 0 saturated carbocycles. The summed E-state index contributed by atoms with van der Waals surface area (Å²) in [6.45, 7) is 0.577. The molecular formula is C8H15NO4. The maximum Gasteiger partial charge on any atom is 0.323 e. The Bertz CT molecular complexity index is 179. The van der Waals surface area contributed by atoms with Gasteiger partial charge in [-0.15, -0.1) is 0 Å². The van der Waals surface area contributed by atoms with Crippen LogP contribution in [-0.2, 0) is 9.53 Å². The topological polar surface area (TPSA) is 92.8 Å². The first-order chi connectivity index (χ1) is 6.13. The standard InChI is InChI=1S/C8H15NO4/c9-6(8(11)12)7(10)5-3-1-2-4-13-5/h5-7,10H,1-4,9H2,(H,11,12). The largest absolute Gasteiger partial charge is 0.480 e. The zero-order valence-electron chi connectivity index (χ0n) is 7.35. The maximum atomic E-state index is 10.4. The molecule has 76 valence electrons. The average Bonchev–Trinajstić information content (AvgIpc) is 2.17. The van der Waals surface area contributed by atoms with Crippen molar-refractivity contribution in [1.29, 1.82) is 0 Å². The van der Waals surface area contributed by atoms with E-state index in [1.807, 2.05) is 0 Å². The summed E-state index contributed by atoms with van der Waals surface area (Å²) in [5.74, 6) is -1.19. The quantitative estimate of drug-likeness (QED) is 0.547. The molecule has 0 bridgehead atoms. The SMILES string of the molecule is NC(C(=O)O)C(O)C1CCCCO1. The molecule has 1 aliphatic rings. The molecule has 0 aromatic carbocycles. The number of hydrogen-bond donors (Lipinski definition) is 3. The lowest BCUT2D eigenvalue weighted by Gasteiger charge is -2.28. The van der Waals surface area contributed by atoms with E-state index >= 15 is 0 Å². The van der Waals surface area contributed by atoms with E-state index in [2.05, 4.69) is 0 Å². The van der Waals surface area contributed by atoms with Crippen LogP contribution in [0.25, 0.3) is 0 Å². The third-order valence-corrected chi connectivity index (χ3v) is 2.25. The second-order valence-electron chi connectivity index (χ2n) is 3.26. The highest BCUT2D eigenvalue weighted by molar-refractivity contribution is 5.74. The summed E-state index contributed by atoms with van der Waals surface area (Å²) in [7, 11) is 0. The third kappa shape index (κ3) is 2.65. The monoisotopic (exact) mass is 189 g/mol. The Morgan fingerprint density at radius 2 is 2.23 bits per heavy atom. The normalized spacial score (nSPS) is 28.0. The van der Waals surface area contributed by atoms with E-state index in [1.165, 1.54) is 0 Å². The number of carboxylic acid groups (broad SMARTS) is 1. The van der Waals surface area contributed by atoms with Crippen molar-refractivity contribution < 1.29 is 19.7 Å². The highest BCUT2D eigenvalue weighted by Gasteiger charge is 2.31. The van der Waals surface area contributed by atoms with Crippen molar-refractivity contribution in [3.8, 4) is 0 Å². The van der Waals surface area contributed by atoms with Crippen LogP contribution in [-0.4, -0.2) is 41.0 Å². The van der Waals surface area contributed by atoms with Crippen molar-refractivity contribution in [1.82, 2.24) is 0 Å². The number of nitrogens with two attached hydrogens (primary N) is 1. The Hall–Kier alpha value is -0.650. The van der Waals surface area contributed by atoms with Gasteiger partial charge in [0.05, 0.1) is 6.10 Å². The lowest BCUT2D eigenvalue weighted by molar-refractivity contribution is -0.146. The van der Waals surface area contributed by atoms with Crippen LogP contribution in [0.3, 0.4) is 0 Å². The first-order valence-corrected chi connectivity index (χ1v) is 4.41. The summed E-state index contributed by atoms with van der Waals surface area (Å²) in [4.78, 5) is 10.4. The molecule has 13 heavy (non-hydrogen) atoms. The van der Waals surface area contributed by atoms with Crippen molar-refractivity contribution in [2.75, 3.05) is 6.61 Å². The van der Waals surface area contributed by atoms with Crippen molar-refractivity contribution in [3.05, 3.63) is 0 Å². The predicted octanol–water partition coefficient (Wildman–Crippen LogP) is -0.672. The summed E-state index contributed by atoms with van der Waals surface area (Å²) in [6, 6.07) is -1.25. The molecule has 5 heteroatoms. The molecule has 0 spiro atoms. The number of carboxylic acids is 1. The fourth-order valence-corrected chi connectivity index (χ4v) is 1.41. The molecule has 1 aliphatic heterocycles. The van der Waals surface area contributed by atoms with Gasteiger partial charge < -0.3 is 20.7 Å². The molecule has 4 N–H and O–H groups in total. The molecule has 0 amide bonds. The Kier molecular flexibility index (Phi) is 3.65. The van der Waals surface area contributed by atoms with Crippen molar-refractivity contribution >= 4 is 5.97 Å². The summed E-state index contributed by atoms with van der Waals surface area (Å²) in [5, 5.41) is 18.0. The van der Waals surface area contributed by atoms with Crippen LogP contribution >= 0.6 is 0 Å². The molecule has 5 nitrogen and oxygen atoms in total. The molecule has 1 rings (SSSR count). The lowest BCUT2D eigenvalue weighted by Crippen LogP contribution is -2.49. The second-order valence-corrected chi connectivity index (χ2v) is 3.26. The van der Waals surface area contributed by atoms with Gasteiger partial charge in [-0.2, -0.15) is 0 Å². The van der Waals surface area contributed by atoms with E-state index in [0.29, 0.717) is 13.0 Å². The smallest absolute Gasteiger partial charge is 0.323 e. The number of hydrogen-bond acceptors (Lipinski definition) is 4. The number of aliphatic carboxylic acids is 1. The van der Waals surface area contributed by atoms with Gasteiger partial charge in [0.15, 0.2) is 0 Å². The average molecular weight is 189 g/mol. The van der Waals surface area contributed by atoms with Gasteiger partial charge in [0.25, 0.3) is 0 Å².